The normalized spacial score (nSPS) is 11.5. The fourth-order valence-electron chi connectivity index (χ4n) is 9.60. The summed E-state index contributed by atoms with van der Waals surface area (Å²) < 4.78 is 2.38. The molecule has 2 nitrogen and oxygen atoms in total. The highest BCUT2D eigenvalue weighted by Crippen LogP contribution is 2.41. The zero-order valence-corrected chi connectivity index (χ0v) is 34.0. The molecule has 0 radical (unpaired) electrons. The minimum absolute atomic E-state index is 1.09. The Balaban J connectivity index is 0.933. The van der Waals surface area contributed by atoms with Crippen LogP contribution in [0.1, 0.15) is 0 Å². The smallest absolute Gasteiger partial charge is 0.0541 e. The second kappa shape index (κ2) is 14.8. The highest BCUT2D eigenvalue weighted by Gasteiger charge is 2.17. The molecule has 11 aromatic carbocycles. The topological polar surface area (TPSA) is 8.17 Å². The average molecular weight is 789 g/mol. The number of aromatic nitrogens is 1. The molecule has 0 unspecified atom stereocenters. The van der Waals surface area contributed by atoms with Gasteiger partial charge in [0.15, 0.2) is 0 Å². The zero-order chi connectivity index (χ0) is 41.0. The van der Waals surface area contributed by atoms with E-state index >= 15 is 0 Å². The molecule has 2 heteroatoms. The van der Waals surface area contributed by atoms with Crippen LogP contribution in [0, 0.1) is 0 Å². The summed E-state index contributed by atoms with van der Waals surface area (Å²) >= 11 is 0. The van der Waals surface area contributed by atoms with Crippen LogP contribution in [0.25, 0.3) is 93.2 Å². The van der Waals surface area contributed by atoms with E-state index in [1.54, 1.807) is 0 Å². The number of anilines is 3. The lowest BCUT2D eigenvalue weighted by atomic mass is 9.93. The first-order valence-corrected chi connectivity index (χ1v) is 21.3. The van der Waals surface area contributed by atoms with Crippen LogP contribution < -0.4 is 4.90 Å². The van der Waals surface area contributed by atoms with Gasteiger partial charge in [0, 0.05) is 33.5 Å². The second-order valence-electron chi connectivity index (χ2n) is 16.1. The summed E-state index contributed by atoms with van der Waals surface area (Å²) in [6, 6.07) is 88.4. The number of rotatable bonds is 7. The third-order valence-corrected chi connectivity index (χ3v) is 12.6. The Morgan fingerprint density at radius 1 is 0.258 bits per heavy atom. The van der Waals surface area contributed by atoms with Gasteiger partial charge in [-0.2, -0.15) is 0 Å². The van der Waals surface area contributed by atoms with Crippen molar-refractivity contribution < 1.29 is 0 Å². The fourth-order valence-corrected chi connectivity index (χ4v) is 9.60. The van der Waals surface area contributed by atoms with Crippen LogP contribution in [0.2, 0.25) is 0 Å². The predicted octanol–water partition coefficient (Wildman–Crippen LogP) is 16.7. The molecule has 0 fully saturated rings. The Bertz CT molecular complexity index is 3540. The lowest BCUT2D eigenvalue weighted by Gasteiger charge is -2.26. The lowest BCUT2D eigenvalue weighted by Crippen LogP contribution is -2.10. The van der Waals surface area contributed by atoms with E-state index in [1.807, 2.05) is 0 Å². The van der Waals surface area contributed by atoms with Crippen LogP contribution in [0.15, 0.2) is 243 Å². The summed E-state index contributed by atoms with van der Waals surface area (Å²) in [5, 5.41) is 10.1. The first-order chi connectivity index (χ1) is 30.7. The van der Waals surface area contributed by atoms with Crippen molar-refractivity contribution >= 4 is 71.2 Å². The van der Waals surface area contributed by atoms with Gasteiger partial charge >= 0.3 is 0 Å². The largest absolute Gasteiger partial charge is 0.311 e. The minimum atomic E-state index is 1.09. The van der Waals surface area contributed by atoms with Gasteiger partial charge in [-0.05, 0) is 132 Å². The summed E-state index contributed by atoms with van der Waals surface area (Å²) in [5.74, 6) is 0. The molecule has 0 aliphatic carbocycles. The summed E-state index contributed by atoms with van der Waals surface area (Å²) in [7, 11) is 0. The summed E-state index contributed by atoms with van der Waals surface area (Å²) in [5.41, 5.74) is 14.1. The van der Waals surface area contributed by atoms with Gasteiger partial charge in [0.1, 0.15) is 0 Å². The van der Waals surface area contributed by atoms with Crippen LogP contribution in [-0.4, -0.2) is 4.57 Å². The molecular formula is C60H40N2. The van der Waals surface area contributed by atoms with E-state index in [9.17, 15) is 0 Å². The van der Waals surface area contributed by atoms with Crippen molar-refractivity contribution in [2.45, 2.75) is 0 Å². The predicted molar refractivity (Wildman–Crippen MR) is 264 cm³/mol. The summed E-state index contributed by atoms with van der Waals surface area (Å²) in [4.78, 5) is 2.37. The number of nitrogens with zero attached hydrogens (tertiary/aromatic N) is 2. The zero-order valence-electron chi connectivity index (χ0n) is 34.0. The van der Waals surface area contributed by atoms with E-state index in [-0.39, 0.29) is 0 Å². The van der Waals surface area contributed by atoms with E-state index in [0.717, 1.165) is 22.7 Å². The summed E-state index contributed by atoms with van der Waals surface area (Å²) in [6.07, 6.45) is 0. The molecule has 0 bridgehead atoms. The van der Waals surface area contributed by atoms with Crippen molar-refractivity contribution in [3.05, 3.63) is 243 Å². The van der Waals surface area contributed by atoms with E-state index in [0.29, 0.717) is 0 Å². The maximum atomic E-state index is 2.38. The molecule has 290 valence electrons. The van der Waals surface area contributed by atoms with Gasteiger partial charge in [-0.3, -0.25) is 0 Å². The third kappa shape index (κ3) is 6.04. The molecular weight excluding hydrogens is 749 g/mol. The number of hydrogen-bond donors (Lipinski definition) is 0. The van der Waals surface area contributed by atoms with Crippen LogP contribution in [0.5, 0.6) is 0 Å². The molecule has 12 rings (SSSR count). The van der Waals surface area contributed by atoms with E-state index < -0.39 is 0 Å². The van der Waals surface area contributed by atoms with E-state index in [2.05, 4.69) is 252 Å². The number of benzene rings is 11. The van der Waals surface area contributed by atoms with Crippen molar-refractivity contribution in [3.8, 4) is 39.1 Å². The Morgan fingerprint density at radius 2 is 0.677 bits per heavy atom. The second-order valence-corrected chi connectivity index (χ2v) is 16.1. The standard InChI is InChI=1S/C60H40N2/c1-3-15-51-43(12-1)14-11-21-52(51)44-26-24-41(25-27-44)42-28-32-47(33-29-42)61(49-36-38-50(39-37-49)62-59-22-9-7-19-56(59)57-20-8-10-23-60(57)62)48-34-30-45(31-35-48)58-40-46-13-2-4-16-53(46)54-17-5-6-18-55(54)58/h1-40H. The van der Waals surface area contributed by atoms with Crippen LogP contribution in [-0.2, 0) is 0 Å². The molecule has 62 heavy (non-hydrogen) atoms. The Morgan fingerprint density at radius 3 is 1.31 bits per heavy atom. The fraction of sp³-hybridized carbons (Fsp3) is 0. The molecule has 1 aromatic heterocycles. The maximum Gasteiger partial charge on any atom is 0.0541 e. The Kier molecular flexibility index (Phi) is 8.53. The van der Waals surface area contributed by atoms with Crippen molar-refractivity contribution in [3.63, 3.8) is 0 Å². The quantitative estimate of drug-likeness (QED) is 0.146. The van der Waals surface area contributed by atoms with E-state index in [1.165, 1.54) is 87.5 Å². The Hall–Kier alpha value is -8.20. The van der Waals surface area contributed by atoms with Crippen molar-refractivity contribution in [2.75, 3.05) is 4.90 Å². The lowest BCUT2D eigenvalue weighted by molar-refractivity contribution is 1.17. The highest BCUT2D eigenvalue weighted by molar-refractivity contribution is 6.14. The molecule has 12 aromatic rings. The van der Waals surface area contributed by atoms with Gasteiger partial charge in [0.2, 0.25) is 0 Å². The molecule has 0 saturated carbocycles. The van der Waals surface area contributed by atoms with Gasteiger partial charge in [0.25, 0.3) is 0 Å². The average Bonchev–Trinajstić information content (AvgIpc) is 3.69. The Labute approximate surface area is 360 Å². The van der Waals surface area contributed by atoms with Gasteiger partial charge in [0.05, 0.1) is 11.0 Å². The van der Waals surface area contributed by atoms with Crippen LogP contribution >= 0.6 is 0 Å². The molecule has 0 aliphatic rings. The monoisotopic (exact) mass is 788 g/mol. The number of para-hydroxylation sites is 2. The molecule has 0 saturated heterocycles. The molecule has 0 aliphatic heterocycles. The van der Waals surface area contributed by atoms with Gasteiger partial charge < -0.3 is 9.47 Å². The minimum Gasteiger partial charge on any atom is -0.311 e. The summed E-state index contributed by atoms with van der Waals surface area (Å²) in [6.45, 7) is 0. The number of fused-ring (bicyclic) bond motifs is 7. The molecule has 1 heterocycles. The van der Waals surface area contributed by atoms with Gasteiger partial charge in [-0.25, -0.2) is 0 Å². The molecule has 0 atom stereocenters. The van der Waals surface area contributed by atoms with Crippen molar-refractivity contribution in [1.82, 2.24) is 4.57 Å². The first-order valence-electron chi connectivity index (χ1n) is 21.3. The molecule has 0 N–H and O–H groups in total. The maximum absolute atomic E-state index is 2.38. The molecule has 0 spiro atoms. The van der Waals surface area contributed by atoms with Crippen molar-refractivity contribution in [2.24, 2.45) is 0 Å². The molecule has 0 amide bonds. The SMILES string of the molecule is c1ccc2c(-c3ccc(-c4ccc(N(c5ccc(-c6cc7ccccc7c7ccccc67)cc5)c5ccc(-n6c7ccccc7c7ccccc76)cc5)cc4)cc3)cccc2c1. The third-order valence-electron chi connectivity index (χ3n) is 12.6. The van der Waals surface area contributed by atoms with E-state index in [4.69, 9.17) is 0 Å². The number of hydrogen-bond acceptors (Lipinski definition) is 1. The van der Waals surface area contributed by atoms with Crippen molar-refractivity contribution in [1.29, 1.82) is 0 Å². The van der Waals surface area contributed by atoms with Crippen LogP contribution in [0.4, 0.5) is 17.1 Å². The highest BCUT2D eigenvalue weighted by atomic mass is 15.1. The van der Waals surface area contributed by atoms with Crippen LogP contribution in [0.3, 0.4) is 0 Å². The van der Waals surface area contributed by atoms with Gasteiger partial charge in [-0.1, -0.05) is 176 Å². The van der Waals surface area contributed by atoms with Gasteiger partial charge in [-0.15, -0.1) is 0 Å². The first kappa shape index (κ1) is 35.7.